The van der Waals surface area contributed by atoms with Crippen molar-refractivity contribution in [3.8, 4) is 6.07 Å². The van der Waals surface area contributed by atoms with Crippen LogP contribution in [0.15, 0.2) is 24.3 Å². The topological polar surface area (TPSA) is 110 Å². The van der Waals surface area contributed by atoms with Crippen molar-refractivity contribution in [3.05, 3.63) is 29.8 Å². The average Bonchev–Trinajstić information content (AvgIpc) is 2.46. The summed E-state index contributed by atoms with van der Waals surface area (Å²) in [7, 11) is 0. The van der Waals surface area contributed by atoms with Gasteiger partial charge in [-0.25, -0.2) is 0 Å². The number of hydrogen-bond donors (Lipinski definition) is 2. The van der Waals surface area contributed by atoms with E-state index in [1.54, 1.807) is 29.6 Å². The van der Waals surface area contributed by atoms with Gasteiger partial charge in [0, 0.05) is 0 Å². The summed E-state index contributed by atoms with van der Waals surface area (Å²) in [6.45, 7) is 2.64. The Morgan fingerprint density at radius 2 is 2.14 bits per heavy atom. The summed E-state index contributed by atoms with van der Waals surface area (Å²) in [4.78, 5) is 22.9. The predicted molar refractivity (Wildman–Crippen MR) is 74.9 cm³/mol. The number of carboxylic acid groups (broad SMARTS) is 1. The SMILES string of the molecule is CCCC[NH2+][C@@H](CC(=O)Nc1ccccc1C#N)C(=O)[O-]. The van der Waals surface area contributed by atoms with Crippen LogP contribution in [0.5, 0.6) is 0 Å². The number of para-hydroxylation sites is 1. The summed E-state index contributed by atoms with van der Waals surface area (Å²) in [5.74, 6) is -1.70. The first-order valence-corrected chi connectivity index (χ1v) is 6.91. The highest BCUT2D eigenvalue weighted by atomic mass is 16.4. The number of rotatable bonds is 8. The van der Waals surface area contributed by atoms with E-state index in [1.165, 1.54) is 0 Å². The third-order valence-electron chi connectivity index (χ3n) is 3.04. The minimum Gasteiger partial charge on any atom is -0.544 e. The van der Waals surface area contributed by atoms with Crippen LogP contribution >= 0.6 is 0 Å². The van der Waals surface area contributed by atoms with Gasteiger partial charge in [0.05, 0.1) is 30.2 Å². The highest BCUT2D eigenvalue weighted by molar-refractivity contribution is 5.94. The largest absolute Gasteiger partial charge is 0.544 e. The molecule has 6 heteroatoms. The number of carboxylic acids is 1. The Bertz CT molecular complexity index is 537. The quantitative estimate of drug-likeness (QED) is 0.621. The van der Waals surface area contributed by atoms with Crippen LogP contribution in [0.2, 0.25) is 0 Å². The van der Waals surface area contributed by atoms with E-state index in [9.17, 15) is 14.7 Å². The molecule has 0 radical (unpaired) electrons. The minimum atomic E-state index is -1.25. The minimum absolute atomic E-state index is 0.189. The van der Waals surface area contributed by atoms with Crippen LogP contribution in [0.3, 0.4) is 0 Å². The van der Waals surface area contributed by atoms with Gasteiger partial charge in [-0.3, -0.25) is 4.79 Å². The lowest BCUT2D eigenvalue weighted by Crippen LogP contribution is -2.93. The Morgan fingerprint density at radius 3 is 2.76 bits per heavy atom. The number of aliphatic carboxylic acids is 1. The van der Waals surface area contributed by atoms with Crippen LogP contribution in [-0.2, 0) is 9.59 Å². The summed E-state index contributed by atoms with van der Waals surface area (Å²) < 4.78 is 0. The molecular formula is C15H19N3O3. The van der Waals surface area contributed by atoms with E-state index in [4.69, 9.17) is 5.26 Å². The molecular weight excluding hydrogens is 270 g/mol. The molecule has 0 saturated heterocycles. The van der Waals surface area contributed by atoms with Gasteiger partial charge in [0.15, 0.2) is 0 Å². The van der Waals surface area contributed by atoms with E-state index in [2.05, 4.69) is 5.32 Å². The number of nitrogens with zero attached hydrogens (tertiary/aromatic N) is 1. The van der Waals surface area contributed by atoms with Crippen LogP contribution in [0.25, 0.3) is 0 Å². The molecule has 6 nitrogen and oxygen atoms in total. The number of amides is 1. The van der Waals surface area contributed by atoms with Gasteiger partial charge in [-0.2, -0.15) is 5.26 Å². The summed E-state index contributed by atoms with van der Waals surface area (Å²) in [5.41, 5.74) is 0.724. The zero-order chi connectivity index (χ0) is 15.7. The number of benzene rings is 1. The maximum absolute atomic E-state index is 11.9. The Morgan fingerprint density at radius 1 is 1.43 bits per heavy atom. The molecule has 0 aromatic heterocycles. The monoisotopic (exact) mass is 289 g/mol. The molecule has 0 saturated carbocycles. The second-order valence-electron chi connectivity index (χ2n) is 4.71. The van der Waals surface area contributed by atoms with Gasteiger partial charge in [-0.05, 0) is 18.6 Å². The van der Waals surface area contributed by atoms with Crippen molar-refractivity contribution in [1.82, 2.24) is 0 Å². The maximum Gasteiger partial charge on any atom is 0.230 e. The summed E-state index contributed by atoms with van der Waals surface area (Å²) in [5, 5.41) is 24.1. The second kappa shape index (κ2) is 8.72. The lowest BCUT2D eigenvalue weighted by molar-refractivity contribution is -0.682. The molecule has 0 heterocycles. The number of unbranched alkanes of at least 4 members (excludes halogenated alkanes) is 1. The van der Waals surface area contributed by atoms with Crippen LogP contribution in [0.4, 0.5) is 5.69 Å². The van der Waals surface area contributed by atoms with E-state index >= 15 is 0 Å². The normalized spacial score (nSPS) is 11.4. The Balaban J connectivity index is 2.62. The summed E-state index contributed by atoms with van der Waals surface area (Å²) >= 11 is 0. The molecule has 0 bridgehead atoms. The number of nitrogens with one attached hydrogen (secondary N) is 1. The summed E-state index contributed by atoms with van der Waals surface area (Å²) in [6, 6.07) is 7.63. The van der Waals surface area contributed by atoms with E-state index in [1.807, 2.05) is 13.0 Å². The van der Waals surface area contributed by atoms with Gasteiger partial charge in [0.2, 0.25) is 5.91 Å². The number of anilines is 1. The molecule has 1 aromatic rings. The number of nitriles is 1. The van der Waals surface area contributed by atoms with Gasteiger partial charge in [0.1, 0.15) is 12.1 Å². The standard InChI is InChI=1S/C15H19N3O3/c1-2-3-8-17-13(15(20)21)9-14(19)18-12-7-5-4-6-11(12)10-16/h4-7,13,17H,2-3,8-9H2,1H3,(H,18,19)(H,20,21)/t13-/m0/s1. The fourth-order valence-electron chi connectivity index (χ4n) is 1.88. The lowest BCUT2D eigenvalue weighted by atomic mass is 10.1. The first-order chi connectivity index (χ1) is 10.1. The lowest BCUT2D eigenvalue weighted by Gasteiger charge is -2.16. The van der Waals surface area contributed by atoms with Gasteiger partial charge in [0.25, 0.3) is 0 Å². The van der Waals surface area contributed by atoms with Crippen LogP contribution in [0, 0.1) is 11.3 Å². The van der Waals surface area contributed by atoms with Crippen molar-refractivity contribution >= 4 is 17.6 Å². The Labute approximate surface area is 123 Å². The average molecular weight is 289 g/mol. The smallest absolute Gasteiger partial charge is 0.230 e. The number of quaternary nitrogens is 1. The first-order valence-electron chi connectivity index (χ1n) is 6.91. The molecule has 1 atom stereocenters. The van der Waals surface area contributed by atoms with E-state index < -0.39 is 17.9 Å². The fraction of sp³-hybridized carbons (Fsp3) is 0.400. The zero-order valence-electron chi connectivity index (χ0n) is 12.0. The molecule has 21 heavy (non-hydrogen) atoms. The molecule has 1 amide bonds. The molecule has 112 valence electrons. The molecule has 0 aliphatic rings. The van der Waals surface area contributed by atoms with E-state index in [0.29, 0.717) is 17.8 Å². The van der Waals surface area contributed by atoms with Gasteiger partial charge < -0.3 is 20.5 Å². The van der Waals surface area contributed by atoms with Crippen LogP contribution < -0.4 is 15.7 Å². The molecule has 1 aromatic carbocycles. The molecule has 0 spiro atoms. The van der Waals surface area contributed by atoms with Crippen molar-refractivity contribution < 1.29 is 20.0 Å². The Hall–Kier alpha value is -2.39. The first kappa shape index (κ1) is 16.7. The third kappa shape index (κ3) is 5.63. The van der Waals surface area contributed by atoms with Crippen molar-refractivity contribution in [2.24, 2.45) is 0 Å². The van der Waals surface area contributed by atoms with Crippen molar-refractivity contribution in [1.29, 1.82) is 5.26 Å². The molecule has 0 fully saturated rings. The van der Waals surface area contributed by atoms with Gasteiger partial charge in [-0.1, -0.05) is 25.5 Å². The molecule has 1 rings (SSSR count). The molecule has 3 N–H and O–H groups in total. The number of nitrogens with two attached hydrogens (primary N) is 1. The zero-order valence-corrected chi connectivity index (χ0v) is 12.0. The van der Waals surface area contributed by atoms with Gasteiger partial charge in [-0.15, -0.1) is 0 Å². The van der Waals surface area contributed by atoms with Crippen LogP contribution in [0.1, 0.15) is 31.7 Å². The number of carbonyl (C=O) groups excluding carboxylic acids is 2. The fourth-order valence-corrected chi connectivity index (χ4v) is 1.88. The summed E-state index contributed by atoms with van der Waals surface area (Å²) in [6.07, 6.45) is 1.65. The maximum atomic E-state index is 11.9. The number of hydrogen-bond acceptors (Lipinski definition) is 4. The molecule has 0 aliphatic heterocycles. The second-order valence-corrected chi connectivity index (χ2v) is 4.71. The van der Waals surface area contributed by atoms with E-state index in [-0.39, 0.29) is 6.42 Å². The third-order valence-corrected chi connectivity index (χ3v) is 3.04. The number of carbonyl (C=O) groups is 2. The molecule has 0 aliphatic carbocycles. The van der Waals surface area contributed by atoms with Crippen molar-refractivity contribution in [2.75, 3.05) is 11.9 Å². The Kier molecular flexibility index (Phi) is 6.92. The highest BCUT2D eigenvalue weighted by Gasteiger charge is 2.18. The van der Waals surface area contributed by atoms with Crippen LogP contribution in [-0.4, -0.2) is 24.5 Å². The van der Waals surface area contributed by atoms with Crippen molar-refractivity contribution in [3.63, 3.8) is 0 Å². The highest BCUT2D eigenvalue weighted by Crippen LogP contribution is 2.13. The van der Waals surface area contributed by atoms with E-state index in [0.717, 1.165) is 12.8 Å². The van der Waals surface area contributed by atoms with Crippen molar-refractivity contribution in [2.45, 2.75) is 32.2 Å². The predicted octanol–water partition coefficient (Wildman–Crippen LogP) is -0.631. The molecule has 0 unspecified atom stereocenters. The van der Waals surface area contributed by atoms with Gasteiger partial charge >= 0.3 is 0 Å².